The van der Waals surface area contributed by atoms with E-state index in [1.54, 1.807) is 0 Å². The normalized spacial score (nSPS) is 12.0. The van der Waals surface area contributed by atoms with Crippen LogP contribution in [0.3, 0.4) is 0 Å². The van der Waals surface area contributed by atoms with Gasteiger partial charge in [-0.05, 0) is 24.3 Å². The summed E-state index contributed by atoms with van der Waals surface area (Å²) in [7, 11) is -2.01. The van der Waals surface area contributed by atoms with E-state index in [0.717, 1.165) is 14.2 Å². The van der Waals surface area contributed by atoms with Gasteiger partial charge in [-0.1, -0.05) is 11.6 Å². The van der Waals surface area contributed by atoms with Gasteiger partial charge in [0.15, 0.2) is 5.90 Å². The van der Waals surface area contributed by atoms with Gasteiger partial charge in [-0.2, -0.15) is 8.42 Å². The topological polar surface area (TPSA) is 108 Å². The number of nitrogens with zero attached hydrogens (tertiary/aromatic N) is 1. The number of hydrogen-bond donors (Lipinski definition) is 0. The van der Waals surface area contributed by atoms with E-state index < -0.39 is 34.0 Å². The number of hydrogen-bond acceptors (Lipinski definition) is 7. The number of benzene rings is 1. The first-order valence-electron chi connectivity index (χ1n) is 6.10. The number of esters is 2. The fraction of sp³-hybridized carbons (Fsp3) is 0.308. The van der Waals surface area contributed by atoms with Crippen molar-refractivity contribution < 1.29 is 32.2 Å². The van der Waals surface area contributed by atoms with Crippen molar-refractivity contribution in [3.8, 4) is 0 Å². The Morgan fingerprint density at radius 1 is 1.09 bits per heavy atom. The number of ether oxygens (including phenoxy) is 3. The zero-order valence-corrected chi connectivity index (χ0v) is 14.1. The number of halogens is 1. The fourth-order valence-corrected chi connectivity index (χ4v) is 2.52. The van der Waals surface area contributed by atoms with Gasteiger partial charge >= 0.3 is 11.9 Å². The van der Waals surface area contributed by atoms with Crippen LogP contribution in [0, 0.1) is 0 Å². The highest BCUT2D eigenvalue weighted by atomic mass is 35.5. The minimum absolute atomic E-state index is 0.127. The van der Waals surface area contributed by atoms with Crippen LogP contribution in [-0.4, -0.2) is 46.6 Å². The highest BCUT2D eigenvalue weighted by Gasteiger charge is 2.31. The van der Waals surface area contributed by atoms with E-state index in [1.165, 1.54) is 31.2 Å². The van der Waals surface area contributed by atoms with Gasteiger partial charge in [0, 0.05) is 11.9 Å². The molecule has 0 aliphatic rings. The van der Waals surface area contributed by atoms with Crippen LogP contribution in [-0.2, 0) is 33.8 Å². The molecule has 0 atom stereocenters. The van der Waals surface area contributed by atoms with E-state index in [4.69, 9.17) is 16.3 Å². The fourth-order valence-electron chi connectivity index (χ4n) is 1.43. The number of sulfonamides is 1. The lowest BCUT2D eigenvalue weighted by Crippen LogP contribution is -2.36. The summed E-state index contributed by atoms with van der Waals surface area (Å²) in [6.45, 7) is 1.17. The molecule has 0 aromatic heterocycles. The van der Waals surface area contributed by atoms with Gasteiger partial charge in [0.2, 0.25) is 0 Å². The Kier molecular flexibility index (Phi) is 6.52. The van der Waals surface area contributed by atoms with Crippen molar-refractivity contribution in [2.24, 2.45) is 4.40 Å². The molecule has 8 nitrogen and oxygen atoms in total. The molecule has 0 amide bonds. The van der Waals surface area contributed by atoms with Gasteiger partial charge in [0.05, 0.1) is 19.1 Å². The van der Waals surface area contributed by atoms with E-state index in [-0.39, 0.29) is 4.90 Å². The van der Waals surface area contributed by atoms with Crippen LogP contribution in [0.2, 0.25) is 5.02 Å². The van der Waals surface area contributed by atoms with E-state index in [2.05, 4.69) is 13.9 Å². The van der Waals surface area contributed by atoms with E-state index in [9.17, 15) is 18.0 Å². The summed E-state index contributed by atoms with van der Waals surface area (Å²) in [4.78, 5) is 22.8. The van der Waals surface area contributed by atoms with Crippen LogP contribution >= 0.6 is 11.6 Å². The second kappa shape index (κ2) is 7.93. The van der Waals surface area contributed by atoms with Crippen molar-refractivity contribution in [3.63, 3.8) is 0 Å². The number of carbonyl (C=O) groups is 2. The Bertz CT molecular complexity index is 696. The third kappa shape index (κ3) is 5.22. The first-order chi connectivity index (χ1) is 10.7. The second-order valence-corrected chi connectivity index (χ2v) is 6.12. The summed E-state index contributed by atoms with van der Waals surface area (Å²) >= 11 is 5.68. The third-order valence-electron chi connectivity index (χ3n) is 2.48. The molecule has 0 saturated carbocycles. The molecular weight excluding hydrogens is 350 g/mol. The van der Waals surface area contributed by atoms with Crippen molar-refractivity contribution in [1.82, 2.24) is 0 Å². The van der Waals surface area contributed by atoms with Crippen LogP contribution in [0.5, 0.6) is 0 Å². The minimum Gasteiger partial charge on any atom is -0.466 e. The summed E-state index contributed by atoms with van der Waals surface area (Å²) in [5.41, 5.74) is 0. The van der Waals surface area contributed by atoms with Crippen LogP contribution < -0.4 is 0 Å². The quantitative estimate of drug-likeness (QED) is 0.334. The Morgan fingerprint density at radius 3 is 2.00 bits per heavy atom. The molecule has 0 radical (unpaired) electrons. The van der Waals surface area contributed by atoms with Crippen LogP contribution in [0.1, 0.15) is 6.92 Å². The van der Waals surface area contributed by atoms with Crippen LogP contribution in [0.4, 0.5) is 0 Å². The van der Waals surface area contributed by atoms with E-state index in [1.807, 2.05) is 0 Å². The molecule has 1 aromatic rings. The van der Waals surface area contributed by atoms with Gasteiger partial charge < -0.3 is 14.2 Å². The lowest BCUT2D eigenvalue weighted by molar-refractivity contribution is -0.164. The van der Waals surface area contributed by atoms with Crippen molar-refractivity contribution in [3.05, 3.63) is 29.3 Å². The first-order valence-corrected chi connectivity index (χ1v) is 7.92. The number of methoxy groups -OCH3 is 2. The van der Waals surface area contributed by atoms with E-state index in [0.29, 0.717) is 5.02 Å². The summed E-state index contributed by atoms with van der Waals surface area (Å²) in [6, 6.07) is 5.27. The maximum absolute atomic E-state index is 12.1. The molecule has 0 fully saturated rings. The maximum Gasteiger partial charge on any atom is 0.359 e. The summed E-state index contributed by atoms with van der Waals surface area (Å²) < 4.78 is 41.2. The third-order valence-corrected chi connectivity index (χ3v) is 4.10. The predicted octanol–water partition coefficient (Wildman–Crippen LogP) is 1.18. The van der Waals surface area contributed by atoms with Crippen LogP contribution in [0.15, 0.2) is 33.6 Å². The van der Waals surface area contributed by atoms with Gasteiger partial charge in [-0.15, -0.1) is 4.40 Å². The van der Waals surface area contributed by atoms with Gasteiger partial charge in [-0.25, -0.2) is 9.59 Å². The largest absolute Gasteiger partial charge is 0.466 e. The number of carbonyl (C=O) groups excluding carboxylic acids is 2. The van der Waals surface area contributed by atoms with Crippen molar-refractivity contribution in [2.45, 2.75) is 17.9 Å². The molecule has 1 rings (SSSR count). The number of rotatable bonds is 5. The molecule has 10 heteroatoms. The standard InChI is InChI=1S/C13H14ClNO7S/c1-8(22-11(12(16)20-2)13(17)21-3)15-23(18,19)10-6-4-9(14)5-7-10/h4-7,11H,1-3H3. The Balaban J connectivity index is 3.03. The monoisotopic (exact) mass is 363 g/mol. The van der Waals surface area contributed by atoms with Gasteiger partial charge in [-0.3, -0.25) is 0 Å². The lowest BCUT2D eigenvalue weighted by atomic mass is 10.3. The molecule has 1 aromatic carbocycles. The molecule has 23 heavy (non-hydrogen) atoms. The molecule has 0 aliphatic carbocycles. The summed E-state index contributed by atoms with van der Waals surface area (Å²) in [5, 5.41) is 0.359. The zero-order chi connectivity index (χ0) is 17.6. The zero-order valence-electron chi connectivity index (χ0n) is 12.5. The van der Waals surface area contributed by atoms with Crippen molar-refractivity contribution in [2.75, 3.05) is 14.2 Å². The molecule has 0 spiro atoms. The maximum atomic E-state index is 12.1. The molecule has 0 N–H and O–H groups in total. The average molecular weight is 364 g/mol. The van der Waals surface area contributed by atoms with Crippen LogP contribution in [0.25, 0.3) is 0 Å². The van der Waals surface area contributed by atoms with E-state index >= 15 is 0 Å². The molecule has 0 unspecified atom stereocenters. The molecule has 0 heterocycles. The molecule has 126 valence electrons. The van der Waals surface area contributed by atoms with Crippen molar-refractivity contribution in [1.29, 1.82) is 0 Å². The minimum atomic E-state index is -4.09. The second-order valence-electron chi connectivity index (χ2n) is 4.08. The highest BCUT2D eigenvalue weighted by molar-refractivity contribution is 7.90. The van der Waals surface area contributed by atoms with Crippen molar-refractivity contribution >= 4 is 39.5 Å². The average Bonchev–Trinajstić information content (AvgIpc) is 2.51. The molecular formula is C13H14ClNO7S. The molecule has 0 aliphatic heterocycles. The summed E-state index contributed by atoms with van der Waals surface area (Å²) in [6.07, 6.45) is -1.77. The Morgan fingerprint density at radius 2 is 1.57 bits per heavy atom. The molecule has 0 saturated heterocycles. The SMILES string of the molecule is COC(=O)C(OC(C)=NS(=O)(=O)c1ccc(Cl)cc1)C(=O)OC. The lowest BCUT2D eigenvalue weighted by Gasteiger charge is -2.14. The Hall–Kier alpha value is -2.13. The first kappa shape index (κ1) is 18.9. The van der Waals surface area contributed by atoms with Gasteiger partial charge in [0.25, 0.3) is 16.1 Å². The smallest absolute Gasteiger partial charge is 0.359 e. The molecule has 0 bridgehead atoms. The highest BCUT2D eigenvalue weighted by Crippen LogP contribution is 2.16. The van der Waals surface area contributed by atoms with Gasteiger partial charge in [0.1, 0.15) is 0 Å². The summed E-state index contributed by atoms with van der Waals surface area (Å²) in [5.74, 6) is -2.52. The predicted molar refractivity (Wildman–Crippen MR) is 80.7 cm³/mol. The Labute approximate surface area is 138 Å².